The van der Waals surface area contributed by atoms with Gasteiger partial charge in [0.1, 0.15) is 5.75 Å². The Hall–Kier alpha value is -3.04. The molecule has 0 saturated carbocycles. The number of methoxy groups -OCH3 is 1. The van der Waals surface area contributed by atoms with Crippen molar-refractivity contribution in [2.24, 2.45) is 0 Å². The molecule has 0 unspecified atom stereocenters. The summed E-state index contributed by atoms with van der Waals surface area (Å²) in [7, 11) is 2.42. The molecular formula is C17H18F3N3O4. The van der Waals surface area contributed by atoms with Gasteiger partial charge in [-0.3, -0.25) is 9.69 Å². The number of carbonyl (C=O) groups is 2. The van der Waals surface area contributed by atoms with E-state index in [0.29, 0.717) is 5.75 Å². The van der Waals surface area contributed by atoms with E-state index in [9.17, 15) is 22.8 Å². The highest BCUT2D eigenvalue weighted by Gasteiger charge is 2.43. The van der Waals surface area contributed by atoms with Crippen LogP contribution in [0.2, 0.25) is 0 Å². The molecule has 27 heavy (non-hydrogen) atoms. The summed E-state index contributed by atoms with van der Waals surface area (Å²) in [4.78, 5) is 27.9. The van der Waals surface area contributed by atoms with Crippen LogP contribution in [0.5, 0.6) is 5.75 Å². The highest BCUT2D eigenvalue weighted by Crippen LogP contribution is 2.25. The van der Waals surface area contributed by atoms with Gasteiger partial charge in [0.2, 0.25) is 0 Å². The molecule has 1 aromatic carbocycles. The summed E-state index contributed by atoms with van der Waals surface area (Å²) in [6, 6.07) is 6.88. The fourth-order valence-electron chi connectivity index (χ4n) is 2.36. The number of benzene rings is 1. The Balaban J connectivity index is 2.41. The first-order chi connectivity index (χ1) is 12.7. The molecule has 0 N–H and O–H groups in total. The van der Waals surface area contributed by atoms with Crippen LogP contribution in [0.25, 0.3) is 0 Å². The number of esters is 1. The zero-order chi connectivity index (χ0) is 20.2. The minimum Gasteiger partial charge on any atom is -0.497 e. The molecular weight excluding hydrogens is 367 g/mol. The third-order valence-electron chi connectivity index (χ3n) is 3.66. The van der Waals surface area contributed by atoms with Crippen LogP contribution in [0.15, 0.2) is 30.6 Å². The monoisotopic (exact) mass is 385 g/mol. The van der Waals surface area contributed by atoms with E-state index in [1.54, 1.807) is 31.2 Å². The summed E-state index contributed by atoms with van der Waals surface area (Å²) < 4.78 is 49.5. The van der Waals surface area contributed by atoms with Gasteiger partial charge in [-0.15, -0.1) is 0 Å². The molecule has 7 nitrogen and oxygen atoms in total. The average Bonchev–Trinajstić information content (AvgIpc) is 3.04. The Morgan fingerprint density at radius 3 is 2.37 bits per heavy atom. The van der Waals surface area contributed by atoms with E-state index in [-0.39, 0.29) is 23.7 Å². The molecule has 146 valence electrons. The van der Waals surface area contributed by atoms with Crippen molar-refractivity contribution < 1.29 is 32.2 Å². The van der Waals surface area contributed by atoms with Crippen molar-refractivity contribution >= 4 is 17.7 Å². The summed E-state index contributed by atoms with van der Waals surface area (Å²) >= 11 is 0. The van der Waals surface area contributed by atoms with Gasteiger partial charge >= 0.3 is 18.1 Å². The van der Waals surface area contributed by atoms with Crippen LogP contribution in [0.1, 0.15) is 23.0 Å². The maximum Gasteiger partial charge on any atom is 0.471 e. The van der Waals surface area contributed by atoms with Crippen LogP contribution in [0.3, 0.4) is 0 Å². The Morgan fingerprint density at radius 2 is 1.85 bits per heavy atom. The lowest BCUT2D eigenvalue weighted by Gasteiger charge is -2.18. The van der Waals surface area contributed by atoms with Crippen molar-refractivity contribution in [3.05, 3.63) is 41.9 Å². The van der Waals surface area contributed by atoms with E-state index in [1.807, 2.05) is 0 Å². The van der Waals surface area contributed by atoms with Gasteiger partial charge in [-0.2, -0.15) is 13.2 Å². The molecule has 2 aromatic rings. The first-order valence-corrected chi connectivity index (χ1v) is 7.89. The summed E-state index contributed by atoms with van der Waals surface area (Å²) in [6.45, 7) is 1.72. The third-order valence-corrected chi connectivity index (χ3v) is 3.66. The van der Waals surface area contributed by atoms with Crippen LogP contribution in [0.4, 0.5) is 19.0 Å². The fraction of sp³-hybridized carbons (Fsp3) is 0.353. The maximum absolute atomic E-state index is 12.7. The number of aromatic nitrogens is 2. The van der Waals surface area contributed by atoms with E-state index < -0.39 is 23.9 Å². The number of hydrogen-bond acceptors (Lipinski definition) is 5. The van der Waals surface area contributed by atoms with Crippen LogP contribution in [-0.4, -0.2) is 48.4 Å². The second-order valence-electron chi connectivity index (χ2n) is 5.48. The van der Waals surface area contributed by atoms with Gasteiger partial charge in [-0.1, -0.05) is 12.1 Å². The summed E-state index contributed by atoms with van der Waals surface area (Å²) in [6.07, 6.45) is -3.91. The number of carbonyl (C=O) groups excluding carboxylic acids is 2. The van der Waals surface area contributed by atoms with Crippen LogP contribution >= 0.6 is 0 Å². The topological polar surface area (TPSA) is 73.7 Å². The largest absolute Gasteiger partial charge is 0.497 e. The van der Waals surface area contributed by atoms with Gasteiger partial charge in [0.25, 0.3) is 0 Å². The number of amides is 1. The molecule has 1 amide bonds. The molecule has 10 heteroatoms. The Labute approximate surface area is 153 Å². The third kappa shape index (κ3) is 4.57. The predicted octanol–water partition coefficient (Wildman–Crippen LogP) is 2.64. The number of rotatable bonds is 6. The average molecular weight is 385 g/mol. The number of halogens is 3. The molecule has 0 radical (unpaired) electrons. The van der Waals surface area contributed by atoms with Crippen LogP contribution in [-0.2, 0) is 16.1 Å². The first kappa shape index (κ1) is 20.3. The second-order valence-corrected chi connectivity index (χ2v) is 5.48. The lowest BCUT2D eigenvalue weighted by Crippen LogP contribution is -2.39. The number of hydrogen-bond donors (Lipinski definition) is 0. The molecule has 0 aliphatic carbocycles. The first-order valence-electron chi connectivity index (χ1n) is 7.89. The molecule has 0 bridgehead atoms. The number of nitrogens with zero attached hydrogens (tertiary/aromatic N) is 3. The van der Waals surface area contributed by atoms with E-state index in [0.717, 1.165) is 12.6 Å². The predicted molar refractivity (Wildman–Crippen MR) is 89.7 cm³/mol. The summed E-state index contributed by atoms with van der Waals surface area (Å²) in [5, 5.41) is 0. The molecule has 2 rings (SSSR count). The van der Waals surface area contributed by atoms with E-state index >= 15 is 0 Å². The lowest BCUT2D eigenvalue weighted by atomic mass is 10.2. The zero-order valence-corrected chi connectivity index (χ0v) is 14.9. The van der Waals surface area contributed by atoms with Crippen molar-refractivity contribution in [1.29, 1.82) is 0 Å². The number of anilines is 1. The van der Waals surface area contributed by atoms with E-state index in [2.05, 4.69) is 4.98 Å². The molecule has 1 aromatic heterocycles. The highest BCUT2D eigenvalue weighted by atomic mass is 19.4. The van der Waals surface area contributed by atoms with Crippen LogP contribution < -0.4 is 9.64 Å². The Bertz CT molecular complexity index is 816. The fourth-order valence-corrected chi connectivity index (χ4v) is 2.36. The second kappa shape index (κ2) is 8.11. The van der Waals surface area contributed by atoms with E-state index in [4.69, 9.17) is 9.47 Å². The van der Waals surface area contributed by atoms with Crippen molar-refractivity contribution in [2.75, 3.05) is 25.7 Å². The number of imidazole rings is 1. The summed E-state index contributed by atoms with van der Waals surface area (Å²) in [5.41, 5.74) is 0.503. The van der Waals surface area contributed by atoms with Crippen molar-refractivity contribution in [2.45, 2.75) is 19.6 Å². The van der Waals surface area contributed by atoms with Crippen LogP contribution in [0, 0.1) is 0 Å². The van der Waals surface area contributed by atoms with Gasteiger partial charge in [0.05, 0.1) is 20.0 Å². The van der Waals surface area contributed by atoms with Gasteiger partial charge < -0.3 is 14.0 Å². The molecule has 1 heterocycles. The standard InChI is InChI=1S/C17H18F3N3O4/c1-4-27-15(24)13-14(22(2)16(25)17(18,19)20)21-10-23(13)9-11-5-7-12(26-3)8-6-11/h5-8,10H,4,9H2,1-3H3. The molecule has 0 spiro atoms. The van der Waals surface area contributed by atoms with Gasteiger partial charge in [-0.25, -0.2) is 9.78 Å². The Morgan fingerprint density at radius 1 is 1.22 bits per heavy atom. The molecule has 0 fully saturated rings. The molecule has 0 saturated heterocycles. The van der Waals surface area contributed by atoms with Gasteiger partial charge in [-0.05, 0) is 24.6 Å². The van der Waals surface area contributed by atoms with E-state index in [1.165, 1.54) is 18.0 Å². The SMILES string of the molecule is CCOC(=O)c1c(N(C)C(=O)C(F)(F)F)ncn1Cc1ccc(OC)cc1. The number of ether oxygens (including phenoxy) is 2. The van der Waals surface area contributed by atoms with Gasteiger partial charge in [0, 0.05) is 13.6 Å². The minimum atomic E-state index is -5.10. The van der Waals surface area contributed by atoms with Gasteiger partial charge in [0.15, 0.2) is 11.5 Å². The smallest absolute Gasteiger partial charge is 0.471 e. The summed E-state index contributed by atoms with van der Waals surface area (Å²) in [5.74, 6) is -2.81. The minimum absolute atomic E-state index is 0.0168. The number of alkyl halides is 3. The van der Waals surface area contributed by atoms with Crippen molar-refractivity contribution in [1.82, 2.24) is 9.55 Å². The zero-order valence-electron chi connectivity index (χ0n) is 14.9. The van der Waals surface area contributed by atoms with Crippen molar-refractivity contribution in [3.63, 3.8) is 0 Å². The Kier molecular flexibility index (Phi) is 6.09. The molecule has 0 aliphatic heterocycles. The quantitative estimate of drug-likeness (QED) is 0.715. The maximum atomic E-state index is 12.7. The normalized spacial score (nSPS) is 11.2. The van der Waals surface area contributed by atoms with Crippen molar-refractivity contribution in [3.8, 4) is 5.75 Å². The molecule has 0 atom stereocenters. The lowest BCUT2D eigenvalue weighted by molar-refractivity contribution is -0.170. The highest BCUT2D eigenvalue weighted by molar-refractivity contribution is 6.02. The molecule has 0 aliphatic rings.